The first-order valence-corrected chi connectivity index (χ1v) is 10.6. The number of benzene rings is 1. The first-order valence-electron chi connectivity index (χ1n) is 7.30. The predicted molar refractivity (Wildman–Crippen MR) is 97.7 cm³/mol. The Morgan fingerprint density at radius 1 is 1.28 bits per heavy atom. The van der Waals surface area contributed by atoms with Crippen molar-refractivity contribution >= 4 is 42.9 Å². The second-order valence-electron chi connectivity index (χ2n) is 6.36. The minimum absolute atomic E-state index is 0.167. The summed E-state index contributed by atoms with van der Waals surface area (Å²) in [5, 5.41) is 11.2. The van der Waals surface area contributed by atoms with E-state index < -0.39 is 37.5 Å². The van der Waals surface area contributed by atoms with Crippen LogP contribution < -0.4 is 5.32 Å². The Morgan fingerprint density at radius 3 is 2.48 bits per heavy atom. The first kappa shape index (κ1) is 18.5. The minimum Gasteiger partial charge on any atom is -0.361 e. The number of sulfone groups is 1. The molecule has 9 heteroatoms. The highest BCUT2D eigenvalue weighted by Gasteiger charge is 2.55. The van der Waals surface area contributed by atoms with Gasteiger partial charge in [-0.05, 0) is 53.5 Å². The van der Waals surface area contributed by atoms with E-state index in [2.05, 4.69) is 21.2 Å². The summed E-state index contributed by atoms with van der Waals surface area (Å²) in [5.74, 6) is -1.84. The van der Waals surface area contributed by atoms with E-state index in [1.54, 1.807) is 6.92 Å². The lowest BCUT2D eigenvalue weighted by molar-refractivity contribution is 0.429. The van der Waals surface area contributed by atoms with Gasteiger partial charge in [0.2, 0.25) is 0 Å². The molecular formula is C16H15BrF2N2O2S2. The van der Waals surface area contributed by atoms with Crippen LogP contribution in [0.4, 0.5) is 8.78 Å². The third kappa shape index (κ3) is 2.82. The van der Waals surface area contributed by atoms with Gasteiger partial charge in [-0.3, -0.25) is 5.41 Å². The fraction of sp³-hybridized carbons (Fsp3) is 0.312. The molecule has 1 aliphatic heterocycles. The maximum absolute atomic E-state index is 14.2. The maximum atomic E-state index is 14.2. The molecule has 3 rings (SSSR count). The van der Waals surface area contributed by atoms with Gasteiger partial charge in [0.05, 0.1) is 20.0 Å². The summed E-state index contributed by atoms with van der Waals surface area (Å²) in [7, 11) is -3.93. The second-order valence-corrected chi connectivity index (χ2v) is 11.1. The van der Waals surface area contributed by atoms with Crippen LogP contribution in [0.3, 0.4) is 0 Å². The van der Waals surface area contributed by atoms with Crippen molar-refractivity contribution in [1.82, 2.24) is 5.32 Å². The maximum Gasteiger partial charge on any atom is 0.169 e. The van der Waals surface area contributed by atoms with Crippen molar-refractivity contribution in [3.8, 4) is 0 Å². The third-order valence-corrected chi connectivity index (χ3v) is 9.03. The Morgan fingerprint density at radius 2 is 1.96 bits per heavy atom. The summed E-state index contributed by atoms with van der Waals surface area (Å²) in [6.45, 7) is 2.91. The lowest BCUT2D eigenvalue weighted by atomic mass is 9.94. The molecule has 0 aliphatic carbocycles. The highest BCUT2D eigenvalue weighted by molar-refractivity contribution is 9.11. The first-order chi connectivity index (χ1) is 11.5. The number of rotatable bonds is 2. The van der Waals surface area contributed by atoms with E-state index in [0.717, 1.165) is 17.4 Å². The molecule has 0 amide bonds. The lowest BCUT2D eigenvalue weighted by Gasteiger charge is -2.44. The van der Waals surface area contributed by atoms with Gasteiger partial charge in [-0.15, -0.1) is 11.3 Å². The molecule has 2 heterocycles. The molecule has 4 nitrogen and oxygen atoms in total. The topological polar surface area (TPSA) is 70.0 Å². The molecule has 1 aliphatic rings. The standard InChI is InChI=1S/C16H15BrF2N2O2S2/c1-15(13-11(19)7-12(17)24-13)8-25(22,23)16(2,14(20)21-15)9-4-3-5-10(18)6-9/h3-7H,8H2,1-2H3,(H2,20,21)/t15-,16+/m0/s1. The van der Waals surface area contributed by atoms with Crippen LogP contribution in [0.25, 0.3) is 0 Å². The summed E-state index contributed by atoms with van der Waals surface area (Å²) < 4.78 is 52.8. The molecule has 25 heavy (non-hydrogen) atoms. The lowest BCUT2D eigenvalue weighted by Crippen LogP contribution is -2.63. The van der Waals surface area contributed by atoms with Crippen LogP contribution in [0.1, 0.15) is 24.3 Å². The molecule has 0 spiro atoms. The van der Waals surface area contributed by atoms with E-state index in [1.165, 1.54) is 31.2 Å². The normalized spacial score (nSPS) is 28.6. The average molecular weight is 449 g/mol. The minimum atomic E-state index is -3.93. The molecule has 134 valence electrons. The molecule has 2 N–H and O–H groups in total. The Kier molecular flexibility index (Phi) is 4.32. The Labute approximate surface area is 156 Å². The van der Waals surface area contributed by atoms with Crippen molar-refractivity contribution in [3.05, 3.63) is 56.2 Å². The van der Waals surface area contributed by atoms with E-state index in [-0.39, 0.29) is 16.3 Å². The molecule has 1 saturated heterocycles. The van der Waals surface area contributed by atoms with Gasteiger partial charge in [-0.2, -0.15) is 0 Å². The molecule has 1 fully saturated rings. The van der Waals surface area contributed by atoms with Gasteiger partial charge in [0, 0.05) is 0 Å². The van der Waals surface area contributed by atoms with Crippen LogP contribution in [0.5, 0.6) is 0 Å². The number of thiophene rings is 1. The van der Waals surface area contributed by atoms with E-state index >= 15 is 0 Å². The highest BCUT2D eigenvalue weighted by Crippen LogP contribution is 2.43. The highest BCUT2D eigenvalue weighted by atomic mass is 79.9. The van der Waals surface area contributed by atoms with Crippen molar-refractivity contribution < 1.29 is 17.2 Å². The van der Waals surface area contributed by atoms with E-state index in [1.807, 2.05) is 0 Å². The molecule has 1 aromatic heterocycles. The molecule has 2 atom stereocenters. The van der Waals surface area contributed by atoms with Crippen molar-refractivity contribution in [2.24, 2.45) is 0 Å². The summed E-state index contributed by atoms with van der Waals surface area (Å²) in [6.07, 6.45) is 0. The molecule has 2 aromatic rings. The van der Waals surface area contributed by atoms with Crippen LogP contribution in [-0.4, -0.2) is 20.0 Å². The van der Waals surface area contributed by atoms with Crippen molar-refractivity contribution in [2.45, 2.75) is 24.1 Å². The predicted octanol–water partition coefficient (Wildman–Crippen LogP) is 3.91. The van der Waals surface area contributed by atoms with Crippen LogP contribution >= 0.6 is 27.3 Å². The van der Waals surface area contributed by atoms with Gasteiger partial charge in [-0.1, -0.05) is 12.1 Å². The number of hydrogen-bond donors (Lipinski definition) is 2. The molecule has 0 radical (unpaired) electrons. The Bertz CT molecular complexity index is 976. The van der Waals surface area contributed by atoms with Crippen molar-refractivity contribution in [3.63, 3.8) is 0 Å². The van der Waals surface area contributed by atoms with Crippen LogP contribution in [-0.2, 0) is 20.1 Å². The zero-order valence-electron chi connectivity index (χ0n) is 13.4. The summed E-state index contributed by atoms with van der Waals surface area (Å²) in [5.41, 5.74) is -1.11. The van der Waals surface area contributed by atoms with Crippen molar-refractivity contribution in [1.29, 1.82) is 5.41 Å². The number of halogens is 3. The summed E-state index contributed by atoms with van der Waals surface area (Å²) in [6, 6.07) is 6.47. The number of amidine groups is 1. The van der Waals surface area contributed by atoms with Gasteiger partial charge in [-0.25, -0.2) is 17.2 Å². The zero-order valence-corrected chi connectivity index (χ0v) is 16.6. The SMILES string of the molecule is C[C@@]1(c2cccc(F)c2)C(=N)N[C@](C)(c2sc(Br)cc2F)CS1(=O)=O. The van der Waals surface area contributed by atoms with Gasteiger partial charge in [0.25, 0.3) is 0 Å². The van der Waals surface area contributed by atoms with E-state index in [9.17, 15) is 17.2 Å². The Hall–Kier alpha value is -1.32. The monoisotopic (exact) mass is 448 g/mol. The van der Waals surface area contributed by atoms with Crippen LogP contribution in [0.15, 0.2) is 34.1 Å². The molecular weight excluding hydrogens is 434 g/mol. The van der Waals surface area contributed by atoms with Gasteiger partial charge in [0.1, 0.15) is 17.5 Å². The molecule has 0 bridgehead atoms. The fourth-order valence-corrected chi connectivity index (χ4v) is 6.81. The van der Waals surface area contributed by atoms with Crippen LogP contribution in [0, 0.1) is 17.0 Å². The van der Waals surface area contributed by atoms with Crippen LogP contribution in [0.2, 0.25) is 0 Å². The van der Waals surface area contributed by atoms with E-state index in [0.29, 0.717) is 3.79 Å². The van der Waals surface area contributed by atoms with E-state index in [4.69, 9.17) is 5.41 Å². The molecule has 0 unspecified atom stereocenters. The summed E-state index contributed by atoms with van der Waals surface area (Å²) in [4.78, 5) is 0.203. The molecule has 0 saturated carbocycles. The van der Waals surface area contributed by atoms with Crippen molar-refractivity contribution in [2.75, 3.05) is 5.75 Å². The van der Waals surface area contributed by atoms with Gasteiger partial charge >= 0.3 is 0 Å². The Balaban J connectivity index is 2.12. The smallest absolute Gasteiger partial charge is 0.169 e. The summed E-state index contributed by atoms with van der Waals surface area (Å²) >= 11 is 4.27. The molecule has 1 aromatic carbocycles. The quantitative estimate of drug-likeness (QED) is 0.731. The average Bonchev–Trinajstić information content (AvgIpc) is 2.83. The fourth-order valence-electron chi connectivity index (χ4n) is 3.06. The number of hydrogen-bond acceptors (Lipinski definition) is 4. The zero-order chi connectivity index (χ0) is 18.6. The largest absolute Gasteiger partial charge is 0.361 e. The van der Waals surface area contributed by atoms with Gasteiger partial charge in [0.15, 0.2) is 14.6 Å². The second kappa shape index (κ2) is 5.85. The third-order valence-electron chi connectivity index (χ3n) is 4.51. The number of nitrogens with one attached hydrogen (secondary N) is 2. The van der Waals surface area contributed by atoms with Gasteiger partial charge < -0.3 is 5.32 Å².